The molecule has 164 valence electrons. The molecule has 0 bridgehead atoms. The van der Waals surface area contributed by atoms with Crippen LogP contribution in [0.2, 0.25) is 0 Å². The second-order valence-corrected chi connectivity index (χ2v) is 8.21. The molecule has 0 saturated heterocycles. The standard InChI is InChI=1S/C21H15F4N5OS/c22-16-4-2-1-3-15(16)19-27-28-20(30(19)14-9-10-14)32-11-17-26-18(29-31-17)12-5-7-13(8-6-12)21(23,24)25/h1-8,14H,9-11H2. The SMILES string of the molecule is Fc1ccccc1-c1nnc(SCc2nc(-c3ccc(C(F)(F)F)cc3)no2)n1C1CC1. The fourth-order valence-electron chi connectivity index (χ4n) is 3.23. The molecule has 11 heteroatoms. The monoisotopic (exact) mass is 461 g/mol. The number of thioether (sulfide) groups is 1. The van der Waals surface area contributed by atoms with Gasteiger partial charge < -0.3 is 4.52 Å². The molecule has 1 fully saturated rings. The predicted octanol–water partition coefficient (Wildman–Crippen LogP) is 5.78. The van der Waals surface area contributed by atoms with Crippen LogP contribution in [0.5, 0.6) is 0 Å². The van der Waals surface area contributed by atoms with Crippen LogP contribution in [0, 0.1) is 5.82 Å². The first-order valence-corrected chi connectivity index (χ1v) is 10.7. The van der Waals surface area contributed by atoms with Crippen LogP contribution >= 0.6 is 11.8 Å². The highest BCUT2D eigenvalue weighted by atomic mass is 32.2. The van der Waals surface area contributed by atoms with E-state index in [1.54, 1.807) is 18.2 Å². The number of nitrogens with zero attached hydrogens (tertiary/aromatic N) is 5. The Kier molecular flexibility index (Phi) is 5.20. The molecular weight excluding hydrogens is 446 g/mol. The highest BCUT2D eigenvalue weighted by Gasteiger charge is 2.31. The van der Waals surface area contributed by atoms with Crippen LogP contribution in [0.1, 0.15) is 30.3 Å². The molecule has 1 saturated carbocycles. The summed E-state index contributed by atoms with van der Waals surface area (Å²) in [6, 6.07) is 11.2. The summed E-state index contributed by atoms with van der Waals surface area (Å²) in [6.45, 7) is 0. The summed E-state index contributed by atoms with van der Waals surface area (Å²) in [4.78, 5) is 4.26. The summed E-state index contributed by atoms with van der Waals surface area (Å²) in [7, 11) is 0. The van der Waals surface area contributed by atoms with Crippen molar-refractivity contribution < 1.29 is 22.1 Å². The predicted molar refractivity (Wildman–Crippen MR) is 108 cm³/mol. The van der Waals surface area contributed by atoms with Crippen LogP contribution in [0.4, 0.5) is 17.6 Å². The zero-order chi connectivity index (χ0) is 22.3. The van der Waals surface area contributed by atoms with Crippen molar-refractivity contribution in [2.75, 3.05) is 0 Å². The molecule has 32 heavy (non-hydrogen) atoms. The Morgan fingerprint density at radius 3 is 2.47 bits per heavy atom. The van der Waals surface area contributed by atoms with Crippen molar-refractivity contribution >= 4 is 11.8 Å². The lowest BCUT2D eigenvalue weighted by Gasteiger charge is -2.08. The van der Waals surface area contributed by atoms with E-state index in [0.29, 0.717) is 28.0 Å². The topological polar surface area (TPSA) is 69.6 Å². The first kappa shape index (κ1) is 20.7. The van der Waals surface area contributed by atoms with E-state index in [2.05, 4.69) is 20.3 Å². The second kappa shape index (κ2) is 8.05. The van der Waals surface area contributed by atoms with Gasteiger partial charge in [-0.3, -0.25) is 4.57 Å². The third-order valence-electron chi connectivity index (χ3n) is 4.95. The Hall–Kier alpha value is -3.21. The smallest absolute Gasteiger partial charge is 0.338 e. The van der Waals surface area contributed by atoms with Gasteiger partial charge in [0.05, 0.1) is 16.9 Å². The van der Waals surface area contributed by atoms with Crippen molar-refractivity contribution in [2.45, 2.75) is 36.0 Å². The first-order valence-electron chi connectivity index (χ1n) is 9.73. The molecule has 5 rings (SSSR count). The Balaban J connectivity index is 1.33. The van der Waals surface area contributed by atoms with Crippen molar-refractivity contribution in [3.63, 3.8) is 0 Å². The molecule has 0 aliphatic heterocycles. The van der Waals surface area contributed by atoms with Gasteiger partial charge in [0.25, 0.3) is 0 Å². The number of hydrogen-bond donors (Lipinski definition) is 0. The van der Waals surface area contributed by atoms with Crippen LogP contribution < -0.4 is 0 Å². The van der Waals surface area contributed by atoms with Crippen LogP contribution in [0.25, 0.3) is 22.8 Å². The maximum absolute atomic E-state index is 14.3. The van der Waals surface area contributed by atoms with Crippen LogP contribution in [-0.4, -0.2) is 24.9 Å². The van der Waals surface area contributed by atoms with Crippen LogP contribution in [0.15, 0.2) is 58.2 Å². The number of halogens is 4. The largest absolute Gasteiger partial charge is 0.416 e. The molecule has 0 spiro atoms. The highest BCUT2D eigenvalue weighted by molar-refractivity contribution is 7.98. The zero-order valence-electron chi connectivity index (χ0n) is 16.4. The van der Waals surface area contributed by atoms with Gasteiger partial charge in [-0.25, -0.2) is 4.39 Å². The third kappa shape index (κ3) is 4.12. The van der Waals surface area contributed by atoms with Gasteiger partial charge in [-0.05, 0) is 37.1 Å². The molecular formula is C21H15F4N5OS. The highest BCUT2D eigenvalue weighted by Crippen LogP contribution is 2.42. The van der Waals surface area contributed by atoms with E-state index < -0.39 is 11.7 Å². The molecule has 0 atom stereocenters. The Bertz CT molecular complexity index is 1250. The van der Waals surface area contributed by atoms with Gasteiger partial charge in [-0.1, -0.05) is 41.2 Å². The van der Waals surface area contributed by atoms with Crippen molar-refractivity contribution in [3.05, 3.63) is 65.8 Å². The quantitative estimate of drug-likeness (QED) is 0.268. The first-order chi connectivity index (χ1) is 15.4. The summed E-state index contributed by atoms with van der Waals surface area (Å²) in [5.41, 5.74) is 0.0627. The molecule has 0 radical (unpaired) electrons. The number of rotatable bonds is 6. The van der Waals surface area contributed by atoms with E-state index >= 15 is 0 Å². The van der Waals surface area contributed by atoms with Gasteiger partial charge in [0.15, 0.2) is 11.0 Å². The lowest BCUT2D eigenvalue weighted by molar-refractivity contribution is -0.137. The summed E-state index contributed by atoms with van der Waals surface area (Å²) in [5.74, 6) is 0.892. The number of alkyl halides is 3. The van der Waals surface area contributed by atoms with Gasteiger partial charge in [-0.2, -0.15) is 18.2 Å². The molecule has 6 nitrogen and oxygen atoms in total. The average Bonchev–Trinajstić information content (AvgIpc) is 3.35. The molecule has 0 amide bonds. The lowest BCUT2D eigenvalue weighted by Crippen LogP contribution is -2.04. The van der Waals surface area contributed by atoms with Gasteiger partial charge >= 0.3 is 6.18 Å². The molecule has 2 aromatic heterocycles. The van der Waals surface area contributed by atoms with Gasteiger partial charge in [0.2, 0.25) is 11.7 Å². The van der Waals surface area contributed by atoms with Crippen LogP contribution in [0.3, 0.4) is 0 Å². The van der Waals surface area contributed by atoms with E-state index in [1.807, 2.05) is 4.57 Å². The fourth-order valence-corrected chi connectivity index (χ4v) is 4.07. The minimum atomic E-state index is -4.41. The molecule has 1 aliphatic carbocycles. The van der Waals surface area contributed by atoms with Gasteiger partial charge in [0.1, 0.15) is 5.82 Å². The van der Waals surface area contributed by atoms with E-state index in [4.69, 9.17) is 4.52 Å². The minimum absolute atomic E-state index is 0.199. The summed E-state index contributed by atoms with van der Waals surface area (Å²) in [6.07, 6.45) is -2.48. The average molecular weight is 461 g/mol. The molecule has 2 aromatic carbocycles. The summed E-state index contributed by atoms with van der Waals surface area (Å²) < 4.78 is 59.6. The normalized spacial score (nSPS) is 14.1. The Morgan fingerprint density at radius 1 is 1.03 bits per heavy atom. The van der Waals surface area contributed by atoms with Crippen molar-refractivity contribution in [1.82, 2.24) is 24.9 Å². The zero-order valence-corrected chi connectivity index (χ0v) is 17.2. The number of aromatic nitrogens is 5. The fraction of sp³-hybridized carbons (Fsp3) is 0.238. The summed E-state index contributed by atoms with van der Waals surface area (Å²) in [5, 5.41) is 12.9. The maximum Gasteiger partial charge on any atom is 0.416 e. The van der Waals surface area contributed by atoms with Crippen molar-refractivity contribution in [1.29, 1.82) is 0 Å². The molecule has 2 heterocycles. The van der Waals surface area contributed by atoms with E-state index in [-0.39, 0.29) is 23.4 Å². The second-order valence-electron chi connectivity index (χ2n) is 7.26. The van der Waals surface area contributed by atoms with Crippen molar-refractivity contribution in [2.24, 2.45) is 0 Å². The summed E-state index contributed by atoms with van der Waals surface area (Å²) >= 11 is 1.33. The van der Waals surface area contributed by atoms with E-state index in [1.165, 1.54) is 30.0 Å². The molecule has 0 N–H and O–H groups in total. The van der Waals surface area contributed by atoms with E-state index in [0.717, 1.165) is 25.0 Å². The lowest BCUT2D eigenvalue weighted by atomic mass is 10.1. The minimum Gasteiger partial charge on any atom is -0.338 e. The van der Waals surface area contributed by atoms with Gasteiger partial charge in [-0.15, -0.1) is 10.2 Å². The van der Waals surface area contributed by atoms with E-state index in [9.17, 15) is 17.6 Å². The number of benzene rings is 2. The van der Waals surface area contributed by atoms with Gasteiger partial charge in [0, 0.05) is 11.6 Å². The third-order valence-corrected chi connectivity index (χ3v) is 5.88. The Labute approximate surface area is 183 Å². The van der Waals surface area contributed by atoms with Crippen molar-refractivity contribution in [3.8, 4) is 22.8 Å². The number of hydrogen-bond acceptors (Lipinski definition) is 6. The molecule has 0 unspecified atom stereocenters. The molecule has 4 aromatic rings. The molecule has 1 aliphatic rings. The Morgan fingerprint density at radius 2 is 1.78 bits per heavy atom. The van der Waals surface area contributed by atoms with Crippen LogP contribution in [-0.2, 0) is 11.9 Å². The maximum atomic E-state index is 14.3.